The molecule has 2 aromatic rings. The molecule has 1 heterocycles. The van der Waals surface area contributed by atoms with Crippen molar-refractivity contribution in [3.63, 3.8) is 0 Å². The summed E-state index contributed by atoms with van der Waals surface area (Å²) in [7, 11) is 4.78. The van der Waals surface area contributed by atoms with Crippen molar-refractivity contribution in [2.45, 2.75) is 19.3 Å². The highest BCUT2D eigenvalue weighted by Gasteiger charge is 2.21. The average molecular weight is 456 g/mol. The highest BCUT2D eigenvalue weighted by molar-refractivity contribution is 5.93. The molecule has 3 rings (SSSR count). The first-order valence-electron chi connectivity index (χ1n) is 11.2. The van der Waals surface area contributed by atoms with Crippen molar-refractivity contribution < 1.29 is 23.8 Å². The van der Waals surface area contributed by atoms with Gasteiger partial charge in [-0.1, -0.05) is 12.1 Å². The Morgan fingerprint density at radius 1 is 0.879 bits per heavy atom. The molecule has 0 aromatic heterocycles. The smallest absolute Gasteiger partial charge is 0.238 e. The van der Waals surface area contributed by atoms with Crippen LogP contribution in [0.3, 0.4) is 0 Å². The number of hydrogen-bond acceptors (Lipinski definition) is 6. The summed E-state index contributed by atoms with van der Waals surface area (Å²) in [4.78, 5) is 29.3. The van der Waals surface area contributed by atoms with E-state index in [0.717, 1.165) is 24.3 Å². The molecule has 0 spiro atoms. The van der Waals surface area contributed by atoms with Crippen LogP contribution in [0.1, 0.15) is 18.4 Å². The van der Waals surface area contributed by atoms with E-state index in [1.54, 1.807) is 39.5 Å². The lowest BCUT2D eigenvalue weighted by molar-refractivity contribution is -0.131. The molecule has 1 saturated heterocycles. The van der Waals surface area contributed by atoms with E-state index in [2.05, 4.69) is 10.2 Å². The van der Waals surface area contributed by atoms with Crippen molar-refractivity contribution in [2.75, 3.05) is 59.4 Å². The summed E-state index contributed by atoms with van der Waals surface area (Å²) in [6.45, 7) is 3.05. The van der Waals surface area contributed by atoms with Crippen LogP contribution in [0.25, 0.3) is 0 Å². The molecule has 8 heteroatoms. The number of anilines is 1. The molecule has 8 nitrogen and oxygen atoms in total. The molecule has 1 fully saturated rings. The first-order chi connectivity index (χ1) is 16.0. The van der Waals surface area contributed by atoms with Crippen LogP contribution in [-0.4, -0.2) is 75.7 Å². The van der Waals surface area contributed by atoms with Crippen LogP contribution in [0.15, 0.2) is 42.5 Å². The van der Waals surface area contributed by atoms with Gasteiger partial charge in [0.15, 0.2) is 0 Å². The lowest BCUT2D eigenvalue weighted by atomic mass is 10.1. The van der Waals surface area contributed by atoms with Crippen molar-refractivity contribution in [1.29, 1.82) is 0 Å². The van der Waals surface area contributed by atoms with Gasteiger partial charge < -0.3 is 24.4 Å². The van der Waals surface area contributed by atoms with Crippen LogP contribution in [-0.2, 0) is 16.0 Å². The van der Waals surface area contributed by atoms with Gasteiger partial charge in [-0.25, -0.2) is 0 Å². The van der Waals surface area contributed by atoms with Gasteiger partial charge in [0, 0.05) is 38.7 Å². The fraction of sp³-hybridized carbons (Fsp3) is 0.440. The number of hydrogen-bond donors (Lipinski definition) is 1. The van der Waals surface area contributed by atoms with E-state index in [1.165, 1.54) is 0 Å². The molecular weight excluding hydrogens is 422 g/mol. The Kier molecular flexibility index (Phi) is 8.95. The van der Waals surface area contributed by atoms with Crippen molar-refractivity contribution in [3.8, 4) is 17.2 Å². The standard InChI is InChI=1S/C25H33N3O5/c1-31-20-8-5-19(6-9-20)7-12-25(30)28-14-4-13-27(15-16-28)18-24(29)26-22-11-10-21(32-2)17-23(22)33-3/h5-6,8-11,17H,4,7,12-16,18H2,1-3H3,(H,26,29). The predicted octanol–water partition coefficient (Wildman–Crippen LogP) is 2.82. The maximum absolute atomic E-state index is 12.7. The number of nitrogens with zero attached hydrogens (tertiary/aromatic N) is 2. The van der Waals surface area contributed by atoms with E-state index in [0.29, 0.717) is 49.7 Å². The Balaban J connectivity index is 1.46. The maximum Gasteiger partial charge on any atom is 0.238 e. The summed E-state index contributed by atoms with van der Waals surface area (Å²) in [5.74, 6) is 2.06. The van der Waals surface area contributed by atoms with Crippen LogP contribution in [0.2, 0.25) is 0 Å². The van der Waals surface area contributed by atoms with E-state index < -0.39 is 0 Å². The van der Waals surface area contributed by atoms with Crippen LogP contribution in [0.4, 0.5) is 5.69 Å². The Hall–Kier alpha value is -3.26. The Morgan fingerprint density at radius 3 is 2.30 bits per heavy atom. The third-order valence-corrected chi connectivity index (χ3v) is 5.78. The van der Waals surface area contributed by atoms with Gasteiger partial charge in [0.2, 0.25) is 11.8 Å². The van der Waals surface area contributed by atoms with Crippen LogP contribution >= 0.6 is 0 Å². The quantitative estimate of drug-likeness (QED) is 0.626. The van der Waals surface area contributed by atoms with E-state index >= 15 is 0 Å². The van der Waals surface area contributed by atoms with E-state index in [4.69, 9.17) is 14.2 Å². The summed E-state index contributed by atoms with van der Waals surface area (Å²) in [5.41, 5.74) is 1.72. The molecule has 33 heavy (non-hydrogen) atoms. The largest absolute Gasteiger partial charge is 0.497 e. The lowest BCUT2D eigenvalue weighted by Crippen LogP contribution is -2.38. The average Bonchev–Trinajstić information content (AvgIpc) is 3.08. The Bertz CT molecular complexity index is 932. The predicted molar refractivity (Wildman–Crippen MR) is 127 cm³/mol. The normalized spacial score (nSPS) is 14.3. The van der Waals surface area contributed by atoms with Gasteiger partial charge >= 0.3 is 0 Å². The van der Waals surface area contributed by atoms with Gasteiger partial charge in [-0.15, -0.1) is 0 Å². The first-order valence-corrected chi connectivity index (χ1v) is 11.2. The zero-order valence-electron chi connectivity index (χ0n) is 19.6. The van der Waals surface area contributed by atoms with E-state index in [9.17, 15) is 9.59 Å². The van der Waals surface area contributed by atoms with Crippen molar-refractivity contribution >= 4 is 17.5 Å². The zero-order valence-corrected chi connectivity index (χ0v) is 19.6. The minimum atomic E-state index is -0.113. The topological polar surface area (TPSA) is 80.3 Å². The van der Waals surface area contributed by atoms with Crippen molar-refractivity contribution in [3.05, 3.63) is 48.0 Å². The third-order valence-electron chi connectivity index (χ3n) is 5.78. The second-order valence-corrected chi connectivity index (χ2v) is 7.97. The van der Waals surface area contributed by atoms with E-state index in [1.807, 2.05) is 29.2 Å². The molecule has 2 aromatic carbocycles. The van der Waals surface area contributed by atoms with Gasteiger partial charge in [-0.2, -0.15) is 0 Å². The molecule has 1 N–H and O–H groups in total. The zero-order chi connectivity index (χ0) is 23.6. The molecular formula is C25H33N3O5. The Labute approximate surface area is 195 Å². The number of carbonyl (C=O) groups excluding carboxylic acids is 2. The first kappa shape index (κ1) is 24.4. The summed E-state index contributed by atoms with van der Waals surface area (Å²) in [6, 6.07) is 13.1. The van der Waals surface area contributed by atoms with Crippen molar-refractivity contribution in [1.82, 2.24) is 9.80 Å². The highest BCUT2D eigenvalue weighted by atomic mass is 16.5. The molecule has 0 aliphatic carbocycles. The number of carbonyl (C=O) groups is 2. The molecule has 1 aliphatic rings. The fourth-order valence-electron chi connectivity index (χ4n) is 3.87. The second kappa shape index (κ2) is 12.1. The number of amides is 2. The number of ether oxygens (including phenoxy) is 3. The number of benzene rings is 2. The second-order valence-electron chi connectivity index (χ2n) is 7.97. The molecule has 2 amide bonds. The summed E-state index contributed by atoms with van der Waals surface area (Å²) in [5, 5.41) is 2.91. The van der Waals surface area contributed by atoms with Gasteiger partial charge in [-0.3, -0.25) is 14.5 Å². The van der Waals surface area contributed by atoms with Crippen LogP contribution < -0.4 is 19.5 Å². The summed E-state index contributed by atoms with van der Waals surface area (Å²) >= 11 is 0. The number of rotatable bonds is 9. The maximum atomic E-state index is 12.7. The highest BCUT2D eigenvalue weighted by Crippen LogP contribution is 2.29. The van der Waals surface area contributed by atoms with Gasteiger partial charge in [0.05, 0.1) is 33.6 Å². The van der Waals surface area contributed by atoms with E-state index in [-0.39, 0.29) is 18.4 Å². The van der Waals surface area contributed by atoms with Crippen molar-refractivity contribution in [2.24, 2.45) is 0 Å². The minimum absolute atomic E-state index is 0.113. The molecule has 0 radical (unpaired) electrons. The van der Waals surface area contributed by atoms with Gasteiger partial charge in [0.25, 0.3) is 0 Å². The number of aryl methyl sites for hydroxylation is 1. The SMILES string of the molecule is COc1ccc(CCC(=O)N2CCCN(CC(=O)Nc3ccc(OC)cc3OC)CC2)cc1. The Morgan fingerprint density at radius 2 is 1.61 bits per heavy atom. The fourth-order valence-corrected chi connectivity index (χ4v) is 3.87. The summed E-state index contributed by atoms with van der Waals surface area (Å²) < 4.78 is 15.7. The third kappa shape index (κ3) is 7.12. The molecule has 0 bridgehead atoms. The minimum Gasteiger partial charge on any atom is -0.497 e. The molecule has 178 valence electrons. The number of nitrogens with one attached hydrogen (secondary N) is 1. The van der Waals surface area contributed by atoms with Gasteiger partial charge in [-0.05, 0) is 42.7 Å². The molecule has 0 atom stereocenters. The van der Waals surface area contributed by atoms with Gasteiger partial charge in [0.1, 0.15) is 17.2 Å². The van der Waals surface area contributed by atoms with Crippen LogP contribution in [0, 0.1) is 0 Å². The molecule has 1 aliphatic heterocycles. The summed E-state index contributed by atoms with van der Waals surface area (Å²) in [6.07, 6.45) is 2.02. The monoisotopic (exact) mass is 455 g/mol. The van der Waals surface area contributed by atoms with Crippen LogP contribution in [0.5, 0.6) is 17.2 Å². The molecule has 0 saturated carbocycles. The lowest BCUT2D eigenvalue weighted by Gasteiger charge is -2.22. The molecule has 0 unspecified atom stereocenters. The number of methoxy groups -OCH3 is 3.